The molecule has 6 heterocycles. The van der Waals surface area contributed by atoms with Crippen LogP contribution >= 0.6 is 45.9 Å². The number of aryl methyl sites for hydroxylation is 2. The lowest BCUT2D eigenvalue weighted by Gasteiger charge is -2.44. The Morgan fingerprint density at radius 3 is 2.04 bits per heavy atom. The summed E-state index contributed by atoms with van der Waals surface area (Å²) >= 11 is 14.3. The second-order valence-corrected chi connectivity index (χ2v) is 15.8. The number of ether oxygens (including phenoxy) is 3. The van der Waals surface area contributed by atoms with Crippen molar-refractivity contribution in [1.29, 1.82) is 0 Å². The molecule has 0 atom stereocenters. The van der Waals surface area contributed by atoms with Gasteiger partial charge >= 0.3 is 4.87 Å². The Hall–Kier alpha value is -5.56. The first kappa shape index (κ1) is 38.7. The molecule has 0 aromatic carbocycles. The van der Waals surface area contributed by atoms with Gasteiger partial charge in [-0.1, -0.05) is 35.2 Å². The van der Waals surface area contributed by atoms with E-state index >= 15 is 0 Å². The molecule has 1 aliphatic carbocycles. The standard InChI is InChI=1S/C36H32Cl2N10O6S2/c1-17-7-20(22-9-28(37)41-15-26(22)52-3)24(13-39-17)30(49)44-33-46-48-35(56-33)54-19-11-36(2,12-19)6-5-18-8-21(23-10-29(38)42-16-27(23)53-4)25(14-40-18)31(50)43-32-45-47-34(51)55-32/h7-10,13-16,19H,5-6,11-12H2,1-4H3,(H,47,51)(H,43,45,50)(H,44,46,49). The molecule has 0 radical (unpaired) electrons. The molecule has 288 valence electrons. The van der Waals surface area contributed by atoms with Crippen LogP contribution in [-0.4, -0.2) is 72.5 Å². The predicted molar refractivity (Wildman–Crippen MR) is 211 cm³/mol. The van der Waals surface area contributed by atoms with Crippen LogP contribution in [0.3, 0.4) is 0 Å². The minimum absolute atomic E-state index is 0.0505. The number of aromatic nitrogens is 8. The first-order valence-electron chi connectivity index (χ1n) is 16.9. The lowest BCUT2D eigenvalue weighted by molar-refractivity contribution is -0.00824. The van der Waals surface area contributed by atoms with Gasteiger partial charge in [-0.15, -0.1) is 10.2 Å². The number of halogens is 2. The quantitative estimate of drug-likeness (QED) is 0.101. The third kappa shape index (κ3) is 8.62. The largest absolute Gasteiger partial charge is 0.494 e. The summed E-state index contributed by atoms with van der Waals surface area (Å²) in [5.74, 6) is -0.0671. The Balaban J connectivity index is 0.993. The van der Waals surface area contributed by atoms with Gasteiger partial charge in [-0.2, -0.15) is 0 Å². The molecule has 0 saturated heterocycles. The van der Waals surface area contributed by atoms with Crippen LogP contribution in [0.25, 0.3) is 22.3 Å². The zero-order valence-electron chi connectivity index (χ0n) is 30.2. The van der Waals surface area contributed by atoms with Crippen molar-refractivity contribution in [2.45, 2.75) is 45.6 Å². The number of pyridine rings is 4. The van der Waals surface area contributed by atoms with Gasteiger partial charge in [0, 0.05) is 46.0 Å². The lowest BCUT2D eigenvalue weighted by atomic mass is 9.65. The summed E-state index contributed by atoms with van der Waals surface area (Å²) in [6.45, 7) is 4.00. The predicted octanol–water partition coefficient (Wildman–Crippen LogP) is 6.91. The molecule has 6 aromatic heterocycles. The van der Waals surface area contributed by atoms with Gasteiger partial charge in [0.1, 0.15) is 27.9 Å². The van der Waals surface area contributed by atoms with Gasteiger partial charge in [-0.3, -0.25) is 35.0 Å². The molecule has 0 aliphatic heterocycles. The fraction of sp³-hybridized carbons (Fsp3) is 0.278. The number of hydrogen-bond donors (Lipinski definition) is 3. The number of nitrogens with one attached hydrogen (secondary N) is 3. The first-order valence-corrected chi connectivity index (χ1v) is 19.3. The van der Waals surface area contributed by atoms with Gasteiger partial charge in [-0.25, -0.2) is 15.1 Å². The van der Waals surface area contributed by atoms with Gasteiger partial charge in [0.05, 0.1) is 37.7 Å². The van der Waals surface area contributed by atoms with Crippen molar-refractivity contribution in [3.05, 3.63) is 91.5 Å². The van der Waals surface area contributed by atoms with Crippen LogP contribution in [0, 0.1) is 12.3 Å². The highest BCUT2D eigenvalue weighted by molar-refractivity contribution is 7.17. The van der Waals surface area contributed by atoms with Crippen LogP contribution in [0.2, 0.25) is 10.3 Å². The molecule has 1 aliphatic rings. The zero-order chi connectivity index (χ0) is 39.6. The van der Waals surface area contributed by atoms with Crippen molar-refractivity contribution in [3.8, 4) is 38.9 Å². The summed E-state index contributed by atoms with van der Waals surface area (Å²) in [7, 11) is 3.02. The average molecular weight is 836 g/mol. The molecular weight excluding hydrogens is 803 g/mol. The summed E-state index contributed by atoms with van der Waals surface area (Å²) in [5, 5.41) is 21.1. The number of carbonyl (C=O) groups is 2. The topological polar surface area (TPSA) is 209 Å². The highest BCUT2D eigenvalue weighted by atomic mass is 35.5. The molecule has 1 fully saturated rings. The molecule has 1 saturated carbocycles. The van der Waals surface area contributed by atoms with Gasteiger partial charge in [0.15, 0.2) is 0 Å². The highest BCUT2D eigenvalue weighted by Gasteiger charge is 2.42. The Morgan fingerprint density at radius 1 is 0.821 bits per heavy atom. The zero-order valence-corrected chi connectivity index (χ0v) is 33.3. The molecule has 0 spiro atoms. The second kappa shape index (κ2) is 16.3. The molecule has 20 heteroatoms. The Morgan fingerprint density at radius 2 is 1.43 bits per heavy atom. The maximum Gasteiger partial charge on any atom is 0.324 e. The molecule has 6 aromatic rings. The van der Waals surface area contributed by atoms with E-state index in [0.717, 1.165) is 47.6 Å². The summed E-state index contributed by atoms with van der Waals surface area (Å²) in [4.78, 5) is 55.1. The van der Waals surface area contributed by atoms with E-state index in [2.05, 4.69) is 57.9 Å². The molecule has 0 unspecified atom stereocenters. The summed E-state index contributed by atoms with van der Waals surface area (Å²) in [6.07, 6.45) is 8.79. The number of aromatic amines is 1. The molecule has 56 heavy (non-hydrogen) atoms. The molecular formula is C36H32Cl2N10O6S2. The van der Waals surface area contributed by atoms with Crippen LogP contribution in [0.1, 0.15) is 58.3 Å². The number of nitrogens with zero attached hydrogens (tertiary/aromatic N) is 7. The van der Waals surface area contributed by atoms with Crippen molar-refractivity contribution in [3.63, 3.8) is 0 Å². The monoisotopic (exact) mass is 834 g/mol. The van der Waals surface area contributed by atoms with E-state index in [1.165, 1.54) is 39.0 Å². The Labute approximate surface area is 337 Å². The minimum atomic E-state index is -0.505. The number of methoxy groups -OCH3 is 2. The van der Waals surface area contributed by atoms with Crippen molar-refractivity contribution in [2.75, 3.05) is 24.9 Å². The van der Waals surface area contributed by atoms with Crippen molar-refractivity contribution < 1.29 is 23.8 Å². The fourth-order valence-corrected chi connectivity index (χ4v) is 7.88. The van der Waals surface area contributed by atoms with Crippen molar-refractivity contribution in [1.82, 2.24) is 40.3 Å². The molecule has 16 nitrogen and oxygen atoms in total. The van der Waals surface area contributed by atoms with Crippen LogP contribution in [0.4, 0.5) is 10.3 Å². The number of rotatable bonds is 13. The highest BCUT2D eigenvalue weighted by Crippen LogP contribution is 2.47. The van der Waals surface area contributed by atoms with E-state index in [0.29, 0.717) is 56.6 Å². The van der Waals surface area contributed by atoms with Crippen LogP contribution in [0.5, 0.6) is 16.7 Å². The first-order chi connectivity index (χ1) is 26.9. The minimum Gasteiger partial charge on any atom is -0.494 e. The number of anilines is 2. The fourth-order valence-electron chi connectivity index (χ4n) is 6.40. The maximum atomic E-state index is 13.5. The van der Waals surface area contributed by atoms with Gasteiger partial charge < -0.3 is 14.2 Å². The van der Waals surface area contributed by atoms with E-state index in [4.69, 9.17) is 37.4 Å². The Kier molecular flexibility index (Phi) is 11.2. The van der Waals surface area contributed by atoms with E-state index in [9.17, 15) is 14.4 Å². The van der Waals surface area contributed by atoms with E-state index in [-0.39, 0.29) is 37.7 Å². The summed E-state index contributed by atoms with van der Waals surface area (Å²) in [5.41, 5.74) is 4.20. The smallest absolute Gasteiger partial charge is 0.324 e. The number of carbonyl (C=O) groups excluding carboxylic acids is 2. The van der Waals surface area contributed by atoms with Gasteiger partial charge in [-0.05, 0) is 85.0 Å². The van der Waals surface area contributed by atoms with E-state index in [1.54, 1.807) is 18.2 Å². The molecule has 3 N–H and O–H groups in total. The normalized spacial score (nSPS) is 16.1. The third-order valence-electron chi connectivity index (χ3n) is 9.16. The molecule has 2 amide bonds. The Bertz CT molecular complexity index is 2500. The summed E-state index contributed by atoms with van der Waals surface area (Å²) in [6, 6.07) is 6.86. The molecule has 0 bridgehead atoms. The summed E-state index contributed by atoms with van der Waals surface area (Å²) < 4.78 is 17.2. The van der Waals surface area contributed by atoms with Gasteiger partial charge in [0.25, 0.3) is 17.0 Å². The SMILES string of the molecule is COc1cnc(Cl)cc1-c1cc(C)ncc1C(=O)Nc1nnc(OC2CC(C)(CCc3cc(-c4cc(Cl)ncc4OC)c(C(=O)Nc4n[nH]c(=O)s4)cn3)C2)s1. The molecule has 7 rings (SSSR count). The van der Waals surface area contributed by atoms with E-state index in [1.807, 2.05) is 13.0 Å². The van der Waals surface area contributed by atoms with Crippen LogP contribution in [0.15, 0.2) is 53.8 Å². The van der Waals surface area contributed by atoms with Crippen LogP contribution in [-0.2, 0) is 6.42 Å². The number of hydrogen-bond acceptors (Lipinski definition) is 15. The second-order valence-electron chi connectivity index (χ2n) is 13.2. The van der Waals surface area contributed by atoms with Crippen molar-refractivity contribution in [2.24, 2.45) is 5.41 Å². The van der Waals surface area contributed by atoms with Gasteiger partial charge in [0.2, 0.25) is 10.3 Å². The average Bonchev–Trinajstić information content (AvgIpc) is 3.80. The number of H-pyrrole nitrogens is 1. The lowest BCUT2D eigenvalue weighted by Crippen LogP contribution is -2.42. The van der Waals surface area contributed by atoms with E-state index < -0.39 is 16.7 Å². The van der Waals surface area contributed by atoms with Crippen molar-refractivity contribution >= 4 is 68.0 Å². The van der Waals surface area contributed by atoms with Crippen LogP contribution < -0.4 is 29.7 Å². The number of amides is 2. The third-order valence-corrected chi connectivity index (χ3v) is 11.0. The maximum absolute atomic E-state index is 13.5.